The van der Waals surface area contributed by atoms with Crippen LogP contribution in [0.5, 0.6) is 5.75 Å². The first-order valence-electron chi connectivity index (χ1n) is 6.56. The van der Waals surface area contributed by atoms with E-state index in [0.29, 0.717) is 17.7 Å². The number of hydrogen-bond acceptors (Lipinski definition) is 3. The Balaban J connectivity index is 1.94. The molecule has 0 bridgehead atoms. The van der Waals surface area contributed by atoms with Gasteiger partial charge in [-0.1, -0.05) is 18.5 Å². The maximum absolute atomic E-state index is 6.19. The molecule has 1 fully saturated rings. The van der Waals surface area contributed by atoms with Crippen molar-refractivity contribution in [3.05, 3.63) is 23.2 Å². The molecule has 1 N–H and O–H groups in total. The van der Waals surface area contributed by atoms with Gasteiger partial charge < -0.3 is 14.8 Å². The monoisotopic (exact) mass is 269 g/mol. The molecule has 1 atom stereocenters. The molecular weight excluding hydrogens is 250 g/mol. The van der Waals surface area contributed by atoms with Crippen LogP contribution in [-0.4, -0.2) is 25.9 Å². The van der Waals surface area contributed by atoms with Crippen LogP contribution >= 0.6 is 11.6 Å². The molecule has 4 heteroatoms. The molecule has 1 aliphatic rings. The third kappa shape index (κ3) is 3.79. The molecule has 2 rings (SSSR count). The first-order valence-corrected chi connectivity index (χ1v) is 6.94. The summed E-state index contributed by atoms with van der Waals surface area (Å²) in [5.74, 6) is 0.754. The van der Waals surface area contributed by atoms with E-state index in [1.807, 2.05) is 18.2 Å². The van der Waals surface area contributed by atoms with Crippen molar-refractivity contribution in [3.8, 4) is 5.75 Å². The van der Waals surface area contributed by atoms with E-state index in [-0.39, 0.29) is 0 Å². The van der Waals surface area contributed by atoms with Crippen molar-refractivity contribution in [1.29, 1.82) is 0 Å². The highest BCUT2D eigenvalue weighted by atomic mass is 35.5. The number of halogens is 1. The van der Waals surface area contributed by atoms with Gasteiger partial charge in [0.2, 0.25) is 0 Å². The summed E-state index contributed by atoms with van der Waals surface area (Å²) in [6, 6.07) is 6.23. The summed E-state index contributed by atoms with van der Waals surface area (Å²) in [4.78, 5) is 0. The Labute approximate surface area is 113 Å². The van der Waals surface area contributed by atoms with Crippen LogP contribution < -0.4 is 10.1 Å². The predicted octanol–water partition coefficient (Wildman–Crippen LogP) is 3.72. The third-order valence-electron chi connectivity index (χ3n) is 2.92. The minimum absolute atomic E-state index is 0.386. The van der Waals surface area contributed by atoms with Crippen molar-refractivity contribution in [3.63, 3.8) is 0 Å². The van der Waals surface area contributed by atoms with Crippen molar-refractivity contribution in [2.45, 2.75) is 32.2 Å². The molecule has 0 spiro atoms. The highest BCUT2D eigenvalue weighted by Crippen LogP contribution is 2.28. The van der Waals surface area contributed by atoms with Crippen LogP contribution in [0, 0.1) is 0 Å². The Morgan fingerprint density at radius 2 is 2.39 bits per heavy atom. The zero-order valence-corrected chi connectivity index (χ0v) is 11.5. The molecule has 1 aliphatic heterocycles. The largest absolute Gasteiger partial charge is 0.492 e. The van der Waals surface area contributed by atoms with E-state index in [4.69, 9.17) is 21.1 Å². The molecule has 18 heavy (non-hydrogen) atoms. The zero-order chi connectivity index (χ0) is 12.8. The average Bonchev–Trinajstić information content (AvgIpc) is 2.39. The number of nitrogens with one attached hydrogen (secondary N) is 1. The van der Waals surface area contributed by atoms with E-state index in [1.165, 1.54) is 0 Å². The van der Waals surface area contributed by atoms with Crippen LogP contribution in [0.1, 0.15) is 26.2 Å². The molecule has 1 saturated heterocycles. The standard InChI is InChI=1S/C14H20ClNO2/c1-2-7-18-14-6-5-11(9-13(14)15)16-12-4-3-8-17-10-12/h5-6,9,12,16H,2-4,7-8,10H2,1H3. The molecule has 3 nitrogen and oxygen atoms in total. The molecule has 0 amide bonds. The van der Waals surface area contributed by atoms with Crippen molar-refractivity contribution in [1.82, 2.24) is 0 Å². The molecule has 0 aromatic heterocycles. The number of benzene rings is 1. The van der Waals surface area contributed by atoms with Crippen LogP contribution in [0.4, 0.5) is 5.69 Å². The predicted molar refractivity (Wildman–Crippen MR) is 74.7 cm³/mol. The van der Waals surface area contributed by atoms with Gasteiger partial charge in [-0.3, -0.25) is 0 Å². The molecule has 100 valence electrons. The first kappa shape index (κ1) is 13.5. The minimum Gasteiger partial charge on any atom is -0.492 e. The molecule has 1 heterocycles. The number of hydrogen-bond donors (Lipinski definition) is 1. The van der Waals surface area contributed by atoms with E-state index < -0.39 is 0 Å². The Morgan fingerprint density at radius 1 is 1.50 bits per heavy atom. The molecule has 0 saturated carbocycles. The van der Waals surface area contributed by atoms with Gasteiger partial charge >= 0.3 is 0 Å². The van der Waals surface area contributed by atoms with Gasteiger partial charge in [-0.15, -0.1) is 0 Å². The van der Waals surface area contributed by atoms with Crippen molar-refractivity contribution in [2.75, 3.05) is 25.1 Å². The Bertz CT molecular complexity index is 378. The van der Waals surface area contributed by atoms with Crippen molar-refractivity contribution in [2.24, 2.45) is 0 Å². The van der Waals surface area contributed by atoms with Gasteiger partial charge in [0.25, 0.3) is 0 Å². The SMILES string of the molecule is CCCOc1ccc(NC2CCCOC2)cc1Cl. The highest BCUT2D eigenvalue weighted by molar-refractivity contribution is 6.32. The fourth-order valence-electron chi connectivity index (χ4n) is 2.01. The lowest BCUT2D eigenvalue weighted by Gasteiger charge is -2.24. The smallest absolute Gasteiger partial charge is 0.138 e. The van der Waals surface area contributed by atoms with E-state index in [0.717, 1.165) is 43.9 Å². The minimum atomic E-state index is 0.386. The number of anilines is 1. The summed E-state index contributed by atoms with van der Waals surface area (Å²) in [6.07, 6.45) is 3.24. The van der Waals surface area contributed by atoms with Gasteiger partial charge in [-0.05, 0) is 37.5 Å². The highest BCUT2D eigenvalue weighted by Gasteiger charge is 2.13. The Kier molecular flexibility index (Phi) is 5.14. The lowest BCUT2D eigenvalue weighted by Crippen LogP contribution is -2.29. The molecule has 0 aliphatic carbocycles. The summed E-state index contributed by atoms with van der Waals surface area (Å²) in [5.41, 5.74) is 1.03. The fourth-order valence-corrected chi connectivity index (χ4v) is 2.25. The van der Waals surface area contributed by atoms with E-state index >= 15 is 0 Å². The van der Waals surface area contributed by atoms with Gasteiger partial charge in [0.1, 0.15) is 5.75 Å². The Morgan fingerprint density at radius 3 is 3.06 bits per heavy atom. The Hall–Kier alpha value is -0.930. The lowest BCUT2D eigenvalue weighted by molar-refractivity contribution is 0.0876. The van der Waals surface area contributed by atoms with Crippen LogP contribution in [0.3, 0.4) is 0 Å². The normalized spacial score (nSPS) is 19.6. The third-order valence-corrected chi connectivity index (χ3v) is 3.22. The average molecular weight is 270 g/mol. The van der Waals surface area contributed by atoms with Gasteiger partial charge in [-0.2, -0.15) is 0 Å². The fraction of sp³-hybridized carbons (Fsp3) is 0.571. The van der Waals surface area contributed by atoms with Gasteiger partial charge in [0.05, 0.1) is 18.2 Å². The quantitative estimate of drug-likeness (QED) is 0.884. The van der Waals surface area contributed by atoms with Crippen LogP contribution in [0.2, 0.25) is 5.02 Å². The van der Waals surface area contributed by atoms with E-state index in [2.05, 4.69) is 12.2 Å². The molecule has 1 unspecified atom stereocenters. The van der Waals surface area contributed by atoms with Gasteiger partial charge in [-0.25, -0.2) is 0 Å². The summed E-state index contributed by atoms with van der Waals surface area (Å²) in [7, 11) is 0. The maximum atomic E-state index is 6.19. The zero-order valence-electron chi connectivity index (χ0n) is 10.7. The number of ether oxygens (including phenoxy) is 2. The van der Waals surface area contributed by atoms with E-state index in [9.17, 15) is 0 Å². The lowest BCUT2D eigenvalue weighted by atomic mass is 10.1. The van der Waals surface area contributed by atoms with Crippen molar-refractivity contribution >= 4 is 17.3 Å². The first-order chi connectivity index (χ1) is 8.79. The molecule has 1 aromatic carbocycles. The summed E-state index contributed by atoms with van der Waals surface area (Å²) in [5, 5.41) is 4.10. The second kappa shape index (κ2) is 6.86. The summed E-state index contributed by atoms with van der Waals surface area (Å²) in [6.45, 7) is 4.42. The van der Waals surface area contributed by atoms with Crippen molar-refractivity contribution < 1.29 is 9.47 Å². The maximum Gasteiger partial charge on any atom is 0.138 e. The van der Waals surface area contributed by atoms with Gasteiger partial charge in [0.15, 0.2) is 0 Å². The number of rotatable bonds is 5. The molecular formula is C14H20ClNO2. The van der Waals surface area contributed by atoms with E-state index in [1.54, 1.807) is 0 Å². The molecule has 1 aromatic rings. The summed E-state index contributed by atoms with van der Waals surface area (Å²) >= 11 is 6.19. The second-order valence-electron chi connectivity index (χ2n) is 4.55. The second-order valence-corrected chi connectivity index (χ2v) is 4.96. The van der Waals surface area contributed by atoms with Crippen LogP contribution in [-0.2, 0) is 4.74 Å². The molecule has 0 radical (unpaired) electrons. The van der Waals surface area contributed by atoms with Gasteiger partial charge in [0, 0.05) is 18.3 Å². The topological polar surface area (TPSA) is 30.5 Å². The summed E-state index contributed by atoms with van der Waals surface area (Å²) < 4.78 is 11.0. The van der Waals surface area contributed by atoms with Crippen LogP contribution in [0.25, 0.3) is 0 Å². The van der Waals surface area contributed by atoms with Crippen LogP contribution in [0.15, 0.2) is 18.2 Å².